The molecule has 3 rings (SSSR count). The lowest BCUT2D eigenvalue weighted by Gasteiger charge is -2.23. The first kappa shape index (κ1) is 17.2. The van der Waals surface area contributed by atoms with Crippen LogP contribution in [0.4, 0.5) is 4.39 Å². The number of hydrogen-bond donors (Lipinski definition) is 1. The Hall–Kier alpha value is -1.62. The van der Waals surface area contributed by atoms with Crippen molar-refractivity contribution in [1.82, 2.24) is 4.90 Å². The Kier molecular flexibility index (Phi) is 5.39. The molecule has 132 valence electrons. The van der Waals surface area contributed by atoms with Crippen molar-refractivity contribution in [2.45, 2.75) is 50.7 Å². The fraction of sp³-hybridized carbons (Fsp3) is 0.632. The lowest BCUT2D eigenvalue weighted by atomic mass is 10.0. The number of aliphatic hydroxyl groups excluding tert-OH is 1. The van der Waals surface area contributed by atoms with E-state index < -0.39 is 6.10 Å². The van der Waals surface area contributed by atoms with Crippen molar-refractivity contribution < 1.29 is 19.0 Å². The van der Waals surface area contributed by atoms with Gasteiger partial charge in [-0.2, -0.15) is 0 Å². The molecule has 1 N–H and O–H groups in total. The molecule has 0 spiro atoms. The Morgan fingerprint density at radius 1 is 1.25 bits per heavy atom. The standard InChI is InChI=1S/C19H26FNO3/c1-21(18(22)12-13-2-3-13)11-10-14-4-9-17(19(14)23)24-16-7-5-15(20)6-8-16/h5-8,13-14,17,19,23H,2-4,9-12H2,1H3/t14-,17-,19-/m1/s1. The zero-order valence-electron chi connectivity index (χ0n) is 14.2. The van der Waals surface area contributed by atoms with E-state index in [0.29, 0.717) is 24.6 Å². The average Bonchev–Trinajstić information content (AvgIpc) is 3.32. The Bertz CT molecular complexity index is 558. The normalized spacial score (nSPS) is 26.4. The van der Waals surface area contributed by atoms with Crippen LogP contribution >= 0.6 is 0 Å². The summed E-state index contributed by atoms with van der Waals surface area (Å²) in [7, 11) is 1.85. The molecular weight excluding hydrogens is 309 g/mol. The van der Waals surface area contributed by atoms with Crippen LogP contribution in [0.3, 0.4) is 0 Å². The molecule has 0 bridgehead atoms. The van der Waals surface area contributed by atoms with Gasteiger partial charge in [0.05, 0.1) is 6.10 Å². The van der Waals surface area contributed by atoms with Crippen LogP contribution in [0, 0.1) is 17.7 Å². The van der Waals surface area contributed by atoms with Crippen LogP contribution in [0.2, 0.25) is 0 Å². The summed E-state index contributed by atoms with van der Waals surface area (Å²) in [5.74, 6) is 1.24. The zero-order valence-corrected chi connectivity index (χ0v) is 14.2. The number of carbonyl (C=O) groups excluding carboxylic acids is 1. The van der Waals surface area contributed by atoms with Crippen molar-refractivity contribution in [3.05, 3.63) is 30.1 Å². The van der Waals surface area contributed by atoms with Gasteiger partial charge in [-0.25, -0.2) is 4.39 Å². The molecule has 0 aromatic heterocycles. The first-order valence-corrected chi connectivity index (χ1v) is 8.87. The summed E-state index contributed by atoms with van der Waals surface area (Å²) in [6, 6.07) is 5.88. The maximum Gasteiger partial charge on any atom is 0.222 e. The molecule has 24 heavy (non-hydrogen) atoms. The second-order valence-electron chi connectivity index (χ2n) is 7.19. The van der Waals surface area contributed by atoms with E-state index in [9.17, 15) is 14.3 Å². The summed E-state index contributed by atoms with van der Waals surface area (Å²) in [5.41, 5.74) is 0. The molecule has 1 amide bonds. The van der Waals surface area contributed by atoms with Crippen molar-refractivity contribution in [1.29, 1.82) is 0 Å². The fourth-order valence-electron chi connectivity index (χ4n) is 3.36. The third-order valence-corrected chi connectivity index (χ3v) is 5.21. The number of nitrogens with zero attached hydrogens (tertiary/aromatic N) is 1. The molecular formula is C19H26FNO3. The molecule has 3 atom stereocenters. The van der Waals surface area contributed by atoms with E-state index in [1.165, 1.54) is 25.0 Å². The molecule has 0 radical (unpaired) electrons. The van der Waals surface area contributed by atoms with E-state index in [1.807, 2.05) is 7.05 Å². The Morgan fingerprint density at radius 3 is 2.62 bits per heavy atom. The minimum Gasteiger partial charge on any atom is -0.488 e. The lowest BCUT2D eigenvalue weighted by Crippen LogP contribution is -2.33. The van der Waals surface area contributed by atoms with E-state index in [2.05, 4.69) is 0 Å². The van der Waals surface area contributed by atoms with Gasteiger partial charge in [0.15, 0.2) is 0 Å². The number of ether oxygens (including phenoxy) is 1. The number of halogens is 1. The summed E-state index contributed by atoms with van der Waals surface area (Å²) >= 11 is 0. The highest BCUT2D eigenvalue weighted by Gasteiger charge is 2.36. The van der Waals surface area contributed by atoms with Gasteiger partial charge in [0.2, 0.25) is 5.91 Å². The number of rotatable bonds is 7. The summed E-state index contributed by atoms with van der Waals surface area (Å²) < 4.78 is 18.7. The fourth-order valence-corrected chi connectivity index (χ4v) is 3.36. The highest BCUT2D eigenvalue weighted by Crippen LogP contribution is 2.34. The van der Waals surface area contributed by atoms with E-state index >= 15 is 0 Å². The van der Waals surface area contributed by atoms with Gasteiger partial charge in [0, 0.05) is 20.0 Å². The van der Waals surface area contributed by atoms with E-state index in [0.717, 1.165) is 19.3 Å². The molecule has 2 aliphatic rings. The van der Waals surface area contributed by atoms with Crippen LogP contribution in [0.5, 0.6) is 5.75 Å². The largest absolute Gasteiger partial charge is 0.488 e. The average molecular weight is 335 g/mol. The second kappa shape index (κ2) is 7.51. The molecule has 0 heterocycles. The van der Waals surface area contributed by atoms with Crippen molar-refractivity contribution in [3.8, 4) is 5.75 Å². The van der Waals surface area contributed by atoms with Crippen LogP contribution in [-0.4, -0.2) is 41.7 Å². The summed E-state index contributed by atoms with van der Waals surface area (Å²) in [5, 5.41) is 10.5. The first-order chi connectivity index (χ1) is 11.5. The zero-order chi connectivity index (χ0) is 17.1. The predicted octanol–water partition coefficient (Wildman–Crippen LogP) is 2.99. The maximum atomic E-state index is 12.9. The molecule has 1 aromatic carbocycles. The molecule has 1 aromatic rings. The van der Waals surface area contributed by atoms with Crippen molar-refractivity contribution >= 4 is 5.91 Å². The van der Waals surface area contributed by atoms with Gasteiger partial charge in [0.25, 0.3) is 0 Å². The molecule has 0 aliphatic heterocycles. The Balaban J connectivity index is 1.44. The van der Waals surface area contributed by atoms with Crippen LogP contribution in [0.1, 0.15) is 38.5 Å². The van der Waals surface area contributed by atoms with E-state index in [1.54, 1.807) is 17.0 Å². The predicted molar refractivity (Wildman–Crippen MR) is 89.1 cm³/mol. The van der Waals surface area contributed by atoms with E-state index in [4.69, 9.17) is 4.74 Å². The summed E-state index contributed by atoms with van der Waals surface area (Å²) in [4.78, 5) is 13.8. The molecule has 4 nitrogen and oxygen atoms in total. The minimum absolute atomic E-state index is 0.145. The van der Waals surface area contributed by atoms with Gasteiger partial charge in [-0.3, -0.25) is 4.79 Å². The van der Waals surface area contributed by atoms with Crippen LogP contribution < -0.4 is 4.74 Å². The molecule has 5 heteroatoms. The first-order valence-electron chi connectivity index (χ1n) is 8.87. The quantitative estimate of drug-likeness (QED) is 0.833. The highest BCUT2D eigenvalue weighted by atomic mass is 19.1. The van der Waals surface area contributed by atoms with Gasteiger partial charge in [-0.1, -0.05) is 0 Å². The van der Waals surface area contributed by atoms with Gasteiger partial charge < -0.3 is 14.7 Å². The topological polar surface area (TPSA) is 49.8 Å². The van der Waals surface area contributed by atoms with Crippen molar-refractivity contribution in [2.24, 2.45) is 11.8 Å². The SMILES string of the molecule is CN(CC[C@H]1CC[C@@H](Oc2ccc(F)cc2)[C@@H]1O)C(=O)CC1CC1. The molecule has 0 unspecified atom stereocenters. The summed E-state index contributed by atoms with van der Waals surface area (Å²) in [6.45, 7) is 0.677. The number of carbonyl (C=O) groups is 1. The second-order valence-corrected chi connectivity index (χ2v) is 7.19. The monoisotopic (exact) mass is 335 g/mol. The van der Waals surface area contributed by atoms with Crippen LogP contribution in [-0.2, 0) is 4.79 Å². The van der Waals surface area contributed by atoms with Gasteiger partial charge in [-0.15, -0.1) is 0 Å². The molecule has 2 fully saturated rings. The number of benzene rings is 1. The maximum absolute atomic E-state index is 12.9. The number of aliphatic hydroxyl groups is 1. The van der Waals surface area contributed by atoms with Gasteiger partial charge >= 0.3 is 0 Å². The third-order valence-electron chi connectivity index (χ3n) is 5.21. The van der Waals surface area contributed by atoms with Crippen molar-refractivity contribution in [3.63, 3.8) is 0 Å². The number of hydrogen-bond acceptors (Lipinski definition) is 3. The smallest absolute Gasteiger partial charge is 0.222 e. The van der Waals surface area contributed by atoms with Gasteiger partial charge in [-0.05, 0) is 68.2 Å². The Labute approximate surface area is 142 Å². The molecule has 2 aliphatic carbocycles. The third kappa shape index (κ3) is 4.47. The van der Waals surface area contributed by atoms with Gasteiger partial charge in [0.1, 0.15) is 17.7 Å². The number of amides is 1. The van der Waals surface area contributed by atoms with Crippen LogP contribution in [0.25, 0.3) is 0 Å². The van der Waals surface area contributed by atoms with Crippen molar-refractivity contribution in [2.75, 3.05) is 13.6 Å². The molecule has 0 saturated heterocycles. The summed E-state index contributed by atoms with van der Waals surface area (Å²) in [6.07, 6.45) is 4.69. The molecule has 2 saturated carbocycles. The lowest BCUT2D eigenvalue weighted by molar-refractivity contribution is -0.130. The highest BCUT2D eigenvalue weighted by molar-refractivity contribution is 5.76. The van der Waals surface area contributed by atoms with E-state index in [-0.39, 0.29) is 23.7 Å². The minimum atomic E-state index is -0.540. The van der Waals surface area contributed by atoms with Crippen LogP contribution in [0.15, 0.2) is 24.3 Å². The Morgan fingerprint density at radius 2 is 1.96 bits per heavy atom.